The highest BCUT2D eigenvalue weighted by molar-refractivity contribution is 6.03. The van der Waals surface area contributed by atoms with Crippen molar-refractivity contribution >= 4 is 28.1 Å². The van der Waals surface area contributed by atoms with Crippen LogP contribution in [0, 0.1) is 18.8 Å². The van der Waals surface area contributed by atoms with Gasteiger partial charge in [-0.2, -0.15) is 5.10 Å². The number of benzene rings is 2. The third kappa shape index (κ3) is 4.70. The fourth-order valence-electron chi connectivity index (χ4n) is 4.98. The average Bonchev–Trinajstić information content (AvgIpc) is 3.52. The zero-order valence-corrected chi connectivity index (χ0v) is 22.7. The van der Waals surface area contributed by atoms with Crippen molar-refractivity contribution in [1.29, 1.82) is 0 Å². The molecule has 10 heteroatoms. The standard InChI is InChI=1S/C31H26N8O2/c1-19-7-4-10-24(15-19)39-25(20(2)35-30(40)27-28(32)36-38-14-6-13-33-29(27)38)16-23-9-5-8-22(26(23)31(39)41)12-11-21-17-34-37(3)18-21/h4-10,13-18,20H,1-3H3,(H3,32,35,36,40)/p+1. The van der Waals surface area contributed by atoms with E-state index in [2.05, 4.69) is 32.3 Å². The summed E-state index contributed by atoms with van der Waals surface area (Å²) in [6.07, 6.45) is 6.82. The summed E-state index contributed by atoms with van der Waals surface area (Å²) in [4.78, 5) is 32.0. The molecule has 202 valence electrons. The van der Waals surface area contributed by atoms with Crippen LogP contribution in [0.3, 0.4) is 0 Å². The van der Waals surface area contributed by atoms with Gasteiger partial charge < -0.3 is 11.1 Å². The van der Waals surface area contributed by atoms with E-state index in [4.69, 9.17) is 5.73 Å². The van der Waals surface area contributed by atoms with E-state index in [1.165, 1.54) is 0 Å². The van der Waals surface area contributed by atoms with E-state index in [1.807, 2.05) is 75.6 Å². The number of H-pyrrole nitrogens is 1. The van der Waals surface area contributed by atoms with Gasteiger partial charge in [0, 0.05) is 36.3 Å². The molecule has 41 heavy (non-hydrogen) atoms. The minimum absolute atomic E-state index is 0.194. The Bertz CT molecular complexity index is 2090. The summed E-state index contributed by atoms with van der Waals surface area (Å²) >= 11 is 0. The summed E-state index contributed by atoms with van der Waals surface area (Å²) in [6.45, 7) is 3.80. The quantitative estimate of drug-likeness (QED) is 0.233. The largest absolute Gasteiger partial charge is 0.382 e. The van der Waals surface area contributed by atoms with Crippen molar-refractivity contribution < 1.29 is 9.31 Å². The number of carbonyl (C=O) groups is 1. The highest BCUT2D eigenvalue weighted by Crippen LogP contribution is 2.24. The van der Waals surface area contributed by atoms with Crippen LogP contribution in [-0.4, -0.2) is 30.3 Å². The first-order valence-corrected chi connectivity index (χ1v) is 13.0. The van der Waals surface area contributed by atoms with Gasteiger partial charge in [-0.3, -0.25) is 18.8 Å². The van der Waals surface area contributed by atoms with Crippen molar-refractivity contribution in [3.8, 4) is 17.5 Å². The molecule has 0 spiro atoms. The lowest BCUT2D eigenvalue weighted by atomic mass is 10.0. The van der Waals surface area contributed by atoms with Crippen LogP contribution in [0.2, 0.25) is 0 Å². The second-order valence-corrected chi connectivity index (χ2v) is 9.88. The molecule has 1 atom stereocenters. The van der Waals surface area contributed by atoms with Crippen molar-refractivity contribution in [3.63, 3.8) is 0 Å². The molecule has 2 aromatic carbocycles. The predicted molar refractivity (Wildman–Crippen MR) is 156 cm³/mol. The number of aromatic nitrogens is 6. The molecular formula is C31H27N8O2+. The number of hydrogen-bond donors (Lipinski definition) is 3. The molecule has 1 amide bonds. The molecule has 4 N–H and O–H groups in total. The average molecular weight is 544 g/mol. The van der Waals surface area contributed by atoms with Gasteiger partial charge in [-0.05, 0) is 54.0 Å². The molecule has 4 aromatic heterocycles. The minimum Gasteiger partial charge on any atom is -0.382 e. The van der Waals surface area contributed by atoms with Crippen LogP contribution in [0.5, 0.6) is 0 Å². The number of rotatable bonds is 4. The number of anilines is 1. The van der Waals surface area contributed by atoms with Gasteiger partial charge >= 0.3 is 5.65 Å². The fourth-order valence-corrected chi connectivity index (χ4v) is 4.98. The SMILES string of the molecule is Cc1cccc(-n2c(C(C)NC(=O)c3c(N)[nH][n+]4cccnc34)cc3cccc(C#Cc4cnn(C)c4)c3c2=O)c1. The third-order valence-electron chi connectivity index (χ3n) is 6.88. The van der Waals surface area contributed by atoms with E-state index in [-0.39, 0.29) is 16.9 Å². The van der Waals surface area contributed by atoms with Crippen LogP contribution < -0.4 is 21.1 Å². The Morgan fingerprint density at radius 3 is 2.76 bits per heavy atom. The normalized spacial score (nSPS) is 11.8. The van der Waals surface area contributed by atoms with E-state index in [0.29, 0.717) is 28.0 Å². The number of nitrogens with two attached hydrogens (primary N) is 1. The Labute approximate surface area is 235 Å². The summed E-state index contributed by atoms with van der Waals surface area (Å²) < 4.78 is 4.90. The van der Waals surface area contributed by atoms with Gasteiger partial charge in [-0.1, -0.05) is 36.1 Å². The molecule has 10 nitrogen and oxygen atoms in total. The maximum atomic E-state index is 14.3. The number of hydrogen-bond acceptors (Lipinski definition) is 5. The number of nitrogens with one attached hydrogen (secondary N) is 2. The molecule has 4 heterocycles. The van der Waals surface area contributed by atoms with Crippen molar-refractivity contribution in [2.24, 2.45) is 7.05 Å². The number of aromatic amines is 1. The van der Waals surface area contributed by atoms with Crippen molar-refractivity contribution in [2.75, 3.05) is 5.73 Å². The number of amides is 1. The molecule has 6 aromatic rings. The summed E-state index contributed by atoms with van der Waals surface area (Å²) in [5, 5.41) is 11.3. The lowest BCUT2D eigenvalue weighted by molar-refractivity contribution is -0.577. The van der Waals surface area contributed by atoms with Gasteiger partial charge in [-0.15, -0.1) is 4.52 Å². The molecule has 0 aliphatic carbocycles. The van der Waals surface area contributed by atoms with Gasteiger partial charge in [0.15, 0.2) is 11.4 Å². The smallest absolute Gasteiger partial charge is 0.362 e. The van der Waals surface area contributed by atoms with Gasteiger partial charge in [-0.25, -0.2) is 5.10 Å². The minimum atomic E-state index is -0.566. The molecule has 0 saturated carbocycles. The fraction of sp³-hybridized carbons (Fsp3) is 0.129. The first kappa shape index (κ1) is 25.6. The second kappa shape index (κ2) is 10.1. The third-order valence-corrected chi connectivity index (χ3v) is 6.88. The first-order chi connectivity index (χ1) is 19.8. The Morgan fingerprint density at radius 1 is 1.15 bits per heavy atom. The maximum Gasteiger partial charge on any atom is 0.362 e. The van der Waals surface area contributed by atoms with Crippen molar-refractivity contribution in [3.05, 3.63) is 118 Å². The van der Waals surface area contributed by atoms with Crippen LogP contribution in [0.15, 0.2) is 84.2 Å². The molecule has 1 unspecified atom stereocenters. The summed E-state index contributed by atoms with van der Waals surface area (Å²) in [6, 6.07) is 16.4. The number of fused-ring (bicyclic) bond motifs is 2. The molecule has 0 radical (unpaired) electrons. The lowest BCUT2D eigenvalue weighted by Gasteiger charge is -2.21. The zero-order valence-electron chi connectivity index (χ0n) is 22.7. The van der Waals surface area contributed by atoms with E-state index < -0.39 is 11.9 Å². The van der Waals surface area contributed by atoms with Crippen LogP contribution in [0.4, 0.5) is 5.82 Å². The molecule has 0 aliphatic rings. The first-order valence-electron chi connectivity index (χ1n) is 13.0. The molecule has 0 fully saturated rings. The summed E-state index contributed by atoms with van der Waals surface area (Å²) in [5.74, 6) is 6.05. The van der Waals surface area contributed by atoms with Gasteiger partial charge in [0.05, 0.1) is 23.2 Å². The Kier molecular flexibility index (Phi) is 6.32. The van der Waals surface area contributed by atoms with Crippen molar-refractivity contribution in [2.45, 2.75) is 19.9 Å². The number of nitrogen functional groups attached to an aromatic ring is 1. The molecule has 0 bridgehead atoms. The Hall–Kier alpha value is -5.69. The highest BCUT2D eigenvalue weighted by Gasteiger charge is 2.27. The van der Waals surface area contributed by atoms with Gasteiger partial charge in [0.1, 0.15) is 12.4 Å². The van der Waals surface area contributed by atoms with E-state index in [9.17, 15) is 9.59 Å². The van der Waals surface area contributed by atoms with Crippen LogP contribution in [0.25, 0.3) is 22.1 Å². The Balaban J connectivity index is 1.49. The summed E-state index contributed by atoms with van der Waals surface area (Å²) in [5.41, 5.74) is 10.2. The monoisotopic (exact) mass is 543 g/mol. The predicted octanol–water partition coefficient (Wildman–Crippen LogP) is 2.97. The topological polar surface area (TPSA) is 128 Å². The van der Waals surface area contributed by atoms with Gasteiger partial charge in [0.25, 0.3) is 11.5 Å². The highest BCUT2D eigenvalue weighted by atomic mass is 16.2. The Morgan fingerprint density at radius 2 is 1.98 bits per heavy atom. The number of pyridine rings is 1. The zero-order chi connectivity index (χ0) is 28.7. The van der Waals surface area contributed by atoms with Gasteiger partial charge in [0.2, 0.25) is 0 Å². The van der Waals surface area contributed by atoms with Crippen molar-refractivity contribution in [1.82, 2.24) is 29.7 Å². The lowest BCUT2D eigenvalue weighted by Crippen LogP contribution is -2.33. The van der Waals surface area contributed by atoms with E-state index in [1.54, 1.807) is 38.4 Å². The number of nitrogens with zero attached hydrogens (tertiary/aromatic N) is 5. The second-order valence-electron chi connectivity index (χ2n) is 9.88. The van der Waals surface area contributed by atoms with E-state index in [0.717, 1.165) is 16.5 Å². The molecule has 0 saturated heterocycles. The molecular weight excluding hydrogens is 516 g/mol. The maximum absolute atomic E-state index is 14.3. The van der Waals surface area contributed by atoms with E-state index >= 15 is 0 Å². The summed E-state index contributed by atoms with van der Waals surface area (Å²) in [7, 11) is 1.83. The van der Waals surface area contributed by atoms with Crippen LogP contribution in [0.1, 0.15) is 45.7 Å². The van der Waals surface area contributed by atoms with Crippen LogP contribution >= 0.6 is 0 Å². The molecule has 0 aliphatic heterocycles. The number of aryl methyl sites for hydroxylation is 2. The number of carbonyl (C=O) groups excluding carboxylic acids is 1. The van der Waals surface area contributed by atoms with Crippen LogP contribution in [-0.2, 0) is 7.05 Å². The molecule has 6 rings (SSSR count).